The van der Waals surface area contributed by atoms with Crippen LogP contribution in [0.1, 0.15) is 19.4 Å². The summed E-state index contributed by atoms with van der Waals surface area (Å²) in [6, 6.07) is 4.40. The van der Waals surface area contributed by atoms with Gasteiger partial charge in [0, 0.05) is 25.2 Å². The Morgan fingerprint density at radius 2 is 1.95 bits per heavy atom. The molecule has 0 radical (unpaired) electrons. The summed E-state index contributed by atoms with van der Waals surface area (Å²) in [6.07, 6.45) is 0. The predicted molar refractivity (Wildman–Crippen MR) is 72.3 cm³/mol. The van der Waals surface area contributed by atoms with Crippen LogP contribution >= 0.6 is 0 Å². The molecule has 0 spiro atoms. The van der Waals surface area contributed by atoms with E-state index >= 15 is 0 Å². The van der Waals surface area contributed by atoms with Crippen LogP contribution in [0.5, 0.6) is 5.75 Å². The van der Waals surface area contributed by atoms with Crippen molar-refractivity contribution in [2.45, 2.75) is 20.4 Å². The third-order valence-electron chi connectivity index (χ3n) is 3.03. The van der Waals surface area contributed by atoms with Gasteiger partial charge in [-0.15, -0.1) is 0 Å². The second-order valence-corrected chi connectivity index (χ2v) is 4.49. The van der Waals surface area contributed by atoms with Gasteiger partial charge in [-0.2, -0.15) is 0 Å². The largest absolute Gasteiger partial charge is 0.505 e. The Kier molecular flexibility index (Phi) is 5.76. The number of halogens is 1. The summed E-state index contributed by atoms with van der Waals surface area (Å²) in [5, 5.41) is 9.59. The molecule has 0 atom stereocenters. The lowest BCUT2D eigenvalue weighted by molar-refractivity contribution is -0.131. The van der Waals surface area contributed by atoms with Crippen LogP contribution in [0, 0.1) is 5.82 Å². The van der Waals surface area contributed by atoms with Gasteiger partial charge in [0.1, 0.15) is 0 Å². The lowest BCUT2D eigenvalue weighted by Gasteiger charge is -2.23. The van der Waals surface area contributed by atoms with Gasteiger partial charge in [-0.05, 0) is 27.0 Å². The number of aromatic hydroxyl groups is 1. The fourth-order valence-corrected chi connectivity index (χ4v) is 1.94. The van der Waals surface area contributed by atoms with Crippen molar-refractivity contribution in [1.29, 1.82) is 0 Å². The zero-order chi connectivity index (χ0) is 14.4. The normalized spacial score (nSPS) is 10.8. The van der Waals surface area contributed by atoms with Crippen molar-refractivity contribution < 1.29 is 14.3 Å². The molecule has 0 saturated carbocycles. The highest BCUT2D eigenvalue weighted by atomic mass is 19.1. The van der Waals surface area contributed by atoms with E-state index in [1.807, 2.05) is 13.8 Å². The molecule has 0 heterocycles. The van der Waals surface area contributed by atoms with Gasteiger partial charge in [0.15, 0.2) is 11.6 Å². The zero-order valence-corrected chi connectivity index (χ0v) is 11.7. The van der Waals surface area contributed by atoms with Crippen molar-refractivity contribution in [3.05, 3.63) is 29.6 Å². The first-order valence-electron chi connectivity index (χ1n) is 6.42. The highest BCUT2D eigenvalue weighted by Crippen LogP contribution is 2.21. The van der Waals surface area contributed by atoms with Crippen molar-refractivity contribution in [3.63, 3.8) is 0 Å². The van der Waals surface area contributed by atoms with Crippen molar-refractivity contribution in [2.24, 2.45) is 0 Å². The highest BCUT2D eigenvalue weighted by Gasteiger charge is 2.14. The first-order chi connectivity index (χ1) is 8.99. The summed E-state index contributed by atoms with van der Waals surface area (Å²) in [4.78, 5) is 15.4. The van der Waals surface area contributed by atoms with E-state index in [9.17, 15) is 14.3 Å². The number of carbonyl (C=O) groups excluding carboxylic acids is 1. The third-order valence-corrected chi connectivity index (χ3v) is 3.03. The summed E-state index contributed by atoms with van der Waals surface area (Å²) in [6.45, 7) is 5.79. The molecule has 0 aromatic heterocycles. The monoisotopic (exact) mass is 268 g/mol. The molecule has 1 amide bonds. The maximum atomic E-state index is 13.2. The Morgan fingerprint density at radius 3 is 2.53 bits per heavy atom. The first kappa shape index (κ1) is 15.4. The minimum Gasteiger partial charge on any atom is -0.505 e. The number of rotatable bonds is 6. The maximum Gasteiger partial charge on any atom is 0.236 e. The third kappa shape index (κ3) is 4.21. The van der Waals surface area contributed by atoms with E-state index in [0.717, 1.165) is 0 Å². The van der Waals surface area contributed by atoms with Gasteiger partial charge in [0.25, 0.3) is 0 Å². The Bertz CT molecular complexity index is 433. The van der Waals surface area contributed by atoms with Gasteiger partial charge in [0.2, 0.25) is 5.91 Å². The van der Waals surface area contributed by atoms with Gasteiger partial charge in [-0.25, -0.2) is 4.39 Å². The van der Waals surface area contributed by atoms with E-state index in [1.54, 1.807) is 29.0 Å². The number of para-hydroxylation sites is 1. The SMILES string of the molecule is CCN(CC)C(=O)CN(C)Cc1cccc(F)c1O. The number of likely N-dealkylation sites (N-methyl/N-ethyl adjacent to an activating group) is 2. The maximum absolute atomic E-state index is 13.2. The van der Waals surface area contributed by atoms with Crippen LogP contribution < -0.4 is 0 Å². The predicted octanol–water partition coefficient (Wildman–Crippen LogP) is 1.83. The Balaban J connectivity index is 2.62. The molecule has 0 bridgehead atoms. The van der Waals surface area contributed by atoms with Crippen molar-refractivity contribution in [2.75, 3.05) is 26.7 Å². The molecule has 1 rings (SSSR count). The fourth-order valence-electron chi connectivity index (χ4n) is 1.94. The number of nitrogens with zero attached hydrogens (tertiary/aromatic N) is 2. The van der Waals surface area contributed by atoms with E-state index in [-0.39, 0.29) is 18.2 Å². The minimum absolute atomic E-state index is 0.0309. The molecule has 0 aliphatic heterocycles. The summed E-state index contributed by atoms with van der Waals surface area (Å²) < 4.78 is 13.2. The van der Waals surface area contributed by atoms with E-state index in [0.29, 0.717) is 25.2 Å². The molecule has 0 unspecified atom stereocenters. The number of amides is 1. The molecule has 5 heteroatoms. The smallest absolute Gasteiger partial charge is 0.236 e. The summed E-state index contributed by atoms with van der Waals surface area (Å²) >= 11 is 0. The molecule has 19 heavy (non-hydrogen) atoms. The van der Waals surface area contributed by atoms with Crippen molar-refractivity contribution in [1.82, 2.24) is 9.80 Å². The van der Waals surface area contributed by atoms with E-state index in [1.165, 1.54) is 6.07 Å². The standard InChI is InChI=1S/C14H21FN2O2/c1-4-17(5-2)13(18)10-16(3)9-11-7-6-8-12(15)14(11)19/h6-8,19H,4-5,9-10H2,1-3H3. The van der Waals surface area contributed by atoms with Crippen LogP contribution in [0.15, 0.2) is 18.2 Å². The lowest BCUT2D eigenvalue weighted by atomic mass is 10.2. The molecule has 0 saturated heterocycles. The van der Waals surface area contributed by atoms with Gasteiger partial charge in [0.05, 0.1) is 6.54 Å². The van der Waals surface area contributed by atoms with Crippen LogP contribution in [0.2, 0.25) is 0 Å². The van der Waals surface area contributed by atoms with Crippen molar-refractivity contribution >= 4 is 5.91 Å². The average Bonchev–Trinajstić information content (AvgIpc) is 2.36. The Morgan fingerprint density at radius 1 is 1.32 bits per heavy atom. The molecule has 1 N–H and O–H groups in total. The zero-order valence-electron chi connectivity index (χ0n) is 11.7. The summed E-state index contributed by atoms with van der Waals surface area (Å²) in [5.74, 6) is -0.950. The van der Waals surface area contributed by atoms with Crippen LogP contribution in [0.3, 0.4) is 0 Å². The molecule has 1 aromatic carbocycles. The number of hydrogen-bond acceptors (Lipinski definition) is 3. The first-order valence-corrected chi connectivity index (χ1v) is 6.42. The number of benzene rings is 1. The Labute approximate surface area is 113 Å². The van der Waals surface area contributed by atoms with E-state index in [2.05, 4.69) is 0 Å². The van der Waals surface area contributed by atoms with Crippen LogP contribution in [-0.2, 0) is 11.3 Å². The van der Waals surface area contributed by atoms with E-state index in [4.69, 9.17) is 0 Å². The molecular weight excluding hydrogens is 247 g/mol. The average molecular weight is 268 g/mol. The molecule has 0 aliphatic carbocycles. The topological polar surface area (TPSA) is 43.8 Å². The molecule has 1 aromatic rings. The second-order valence-electron chi connectivity index (χ2n) is 4.49. The quantitative estimate of drug-likeness (QED) is 0.856. The van der Waals surface area contributed by atoms with Crippen LogP contribution in [0.25, 0.3) is 0 Å². The summed E-state index contributed by atoms with van der Waals surface area (Å²) in [7, 11) is 1.77. The number of hydrogen-bond donors (Lipinski definition) is 1. The molecule has 106 valence electrons. The molecule has 0 aliphatic rings. The number of phenolic OH excluding ortho intramolecular Hbond substituents is 1. The van der Waals surface area contributed by atoms with Crippen LogP contribution in [0.4, 0.5) is 4.39 Å². The summed E-state index contributed by atoms with van der Waals surface area (Å²) in [5.41, 5.74) is 0.481. The van der Waals surface area contributed by atoms with E-state index < -0.39 is 5.82 Å². The Hall–Kier alpha value is -1.62. The second kappa shape index (κ2) is 7.09. The number of phenols is 1. The highest BCUT2D eigenvalue weighted by molar-refractivity contribution is 5.78. The van der Waals surface area contributed by atoms with Gasteiger partial charge in [-0.1, -0.05) is 12.1 Å². The van der Waals surface area contributed by atoms with Crippen molar-refractivity contribution in [3.8, 4) is 5.75 Å². The molecule has 0 fully saturated rings. The van der Waals surface area contributed by atoms with Crippen LogP contribution in [-0.4, -0.2) is 47.5 Å². The minimum atomic E-state index is -0.638. The van der Waals surface area contributed by atoms with Gasteiger partial charge < -0.3 is 10.0 Å². The lowest BCUT2D eigenvalue weighted by Crippen LogP contribution is -2.38. The molecule has 4 nitrogen and oxygen atoms in total. The number of carbonyl (C=O) groups is 1. The van der Waals surface area contributed by atoms with Gasteiger partial charge in [-0.3, -0.25) is 9.69 Å². The fraction of sp³-hybridized carbons (Fsp3) is 0.500. The van der Waals surface area contributed by atoms with Gasteiger partial charge >= 0.3 is 0 Å². The molecular formula is C14H21FN2O2.